The second kappa shape index (κ2) is 9.62. The zero-order valence-corrected chi connectivity index (χ0v) is 19.6. The van der Waals surface area contributed by atoms with E-state index in [1.807, 2.05) is 19.2 Å². The number of thiazole rings is 1. The van der Waals surface area contributed by atoms with Crippen LogP contribution in [-0.4, -0.2) is 46.5 Å². The van der Waals surface area contributed by atoms with E-state index in [1.54, 1.807) is 27.9 Å². The van der Waals surface area contributed by atoms with Crippen LogP contribution in [0.2, 0.25) is 0 Å². The Bertz CT molecular complexity index is 1210. The molecule has 0 radical (unpaired) electrons. The van der Waals surface area contributed by atoms with Gasteiger partial charge in [0.2, 0.25) is 5.91 Å². The van der Waals surface area contributed by atoms with E-state index in [0.29, 0.717) is 43.1 Å². The highest BCUT2D eigenvalue weighted by Gasteiger charge is 2.28. The highest BCUT2D eigenvalue weighted by molar-refractivity contribution is 7.09. The fourth-order valence-electron chi connectivity index (χ4n) is 4.04. The number of nitrogens with zero attached hydrogens (tertiary/aromatic N) is 3. The Morgan fingerprint density at radius 1 is 1.33 bits per heavy atom. The molecule has 3 aromatic heterocycles. The van der Waals surface area contributed by atoms with Crippen molar-refractivity contribution in [2.45, 2.75) is 39.3 Å². The molecule has 0 saturated heterocycles. The van der Waals surface area contributed by atoms with Gasteiger partial charge < -0.3 is 23.9 Å². The van der Waals surface area contributed by atoms with Gasteiger partial charge in [0.05, 0.1) is 36.5 Å². The minimum Gasteiger partial charge on any atom is -0.496 e. The number of amides is 2. The van der Waals surface area contributed by atoms with Crippen LogP contribution in [0.15, 0.2) is 39.1 Å². The van der Waals surface area contributed by atoms with Crippen LogP contribution in [0.4, 0.5) is 0 Å². The van der Waals surface area contributed by atoms with Crippen LogP contribution in [0.3, 0.4) is 0 Å². The van der Waals surface area contributed by atoms with Crippen molar-refractivity contribution in [3.8, 4) is 5.75 Å². The van der Waals surface area contributed by atoms with Crippen molar-refractivity contribution in [2.24, 2.45) is 0 Å². The van der Waals surface area contributed by atoms with Gasteiger partial charge in [-0.1, -0.05) is 0 Å². The Hall–Kier alpha value is -3.40. The average molecular weight is 471 g/mol. The van der Waals surface area contributed by atoms with Gasteiger partial charge in [-0.15, -0.1) is 11.3 Å². The van der Waals surface area contributed by atoms with E-state index in [-0.39, 0.29) is 35.6 Å². The van der Waals surface area contributed by atoms with E-state index in [1.165, 1.54) is 24.5 Å². The minimum atomic E-state index is -0.366. The molecule has 10 heteroatoms. The summed E-state index contributed by atoms with van der Waals surface area (Å²) in [7, 11) is 1.43. The number of ether oxygens (including phenoxy) is 1. The van der Waals surface area contributed by atoms with Crippen molar-refractivity contribution in [3.63, 3.8) is 0 Å². The second-order valence-corrected chi connectivity index (χ2v) is 8.96. The summed E-state index contributed by atoms with van der Waals surface area (Å²) in [6.45, 7) is 4.79. The molecule has 1 aliphatic heterocycles. The third-order valence-electron chi connectivity index (χ3n) is 5.71. The Morgan fingerprint density at radius 3 is 2.82 bits per heavy atom. The normalized spacial score (nSPS) is 14.3. The molecule has 9 nitrogen and oxygen atoms in total. The lowest BCUT2D eigenvalue weighted by Crippen LogP contribution is -2.35. The molecule has 1 aliphatic rings. The zero-order valence-electron chi connectivity index (χ0n) is 18.8. The monoisotopic (exact) mass is 470 g/mol. The summed E-state index contributed by atoms with van der Waals surface area (Å²) in [6, 6.07) is 4.50. The first kappa shape index (κ1) is 22.8. The predicted octanol–water partition coefficient (Wildman–Crippen LogP) is 2.33. The molecule has 0 bridgehead atoms. The molecule has 2 amide bonds. The lowest BCUT2D eigenvalue weighted by Gasteiger charge is -2.19. The largest absolute Gasteiger partial charge is 0.496 e. The molecular formula is C23H26N4O5S. The summed E-state index contributed by atoms with van der Waals surface area (Å²) in [5.41, 5.74) is 1.35. The third-order valence-corrected chi connectivity index (χ3v) is 6.53. The average Bonchev–Trinajstić information content (AvgIpc) is 3.41. The maximum absolute atomic E-state index is 13.2. The molecule has 33 heavy (non-hydrogen) atoms. The maximum atomic E-state index is 13.2. The molecule has 0 aromatic carbocycles. The van der Waals surface area contributed by atoms with Crippen molar-refractivity contribution >= 4 is 23.2 Å². The number of hydrogen-bond acceptors (Lipinski definition) is 7. The first-order valence-corrected chi connectivity index (χ1v) is 11.6. The molecule has 0 saturated carbocycles. The van der Waals surface area contributed by atoms with Crippen LogP contribution < -0.4 is 15.6 Å². The number of pyridine rings is 1. The molecule has 1 N–H and O–H groups in total. The molecular weight excluding hydrogens is 444 g/mol. The molecule has 0 unspecified atom stereocenters. The highest BCUT2D eigenvalue weighted by Crippen LogP contribution is 2.24. The molecule has 3 aromatic rings. The lowest BCUT2D eigenvalue weighted by atomic mass is 10.1. The SMILES string of the molecule is COc1cc(=O)n2c(c1C(=O)N[C@H](C)c1ccco1)CCN(C(=O)Cc1csc(C)n1)CC2. The molecule has 1 atom stereocenters. The highest BCUT2D eigenvalue weighted by atomic mass is 32.1. The minimum absolute atomic E-state index is 0.0504. The lowest BCUT2D eigenvalue weighted by molar-refractivity contribution is -0.130. The summed E-state index contributed by atoms with van der Waals surface area (Å²) < 4.78 is 12.3. The number of rotatable bonds is 6. The maximum Gasteiger partial charge on any atom is 0.257 e. The van der Waals surface area contributed by atoms with E-state index in [2.05, 4.69) is 10.3 Å². The van der Waals surface area contributed by atoms with Crippen molar-refractivity contribution in [1.29, 1.82) is 0 Å². The van der Waals surface area contributed by atoms with Gasteiger partial charge in [-0.3, -0.25) is 14.4 Å². The van der Waals surface area contributed by atoms with Crippen molar-refractivity contribution in [1.82, 2.24) is 19.8 Å². The van der Waals surface area contributed by atoms with Crippen LogP contribution in [0.25, 0.3) is 0 Å². The van der Waals surface area contributed by atoms with Crippen LogP contribution in [0.1, 0.15) is 45.5 Å². The first-order chi connectivity index (χ1) is 15.9. The summed E-state index contributed by atoms with van der Waals surface area (Å²) in [5.74, 6) is 0.423. The van der Waals surface area contributed by atoms with Gasteiger partial charge >= 0.3 is 0 Å². The fraction of sp³-hybridized carbons (Fsp3) is 0.391. The molecule has 0 spiro atoms. The van der Waals surface area contributed by atoms with Gasteiger partial charge in [-0.25, -0.2) is 4.98 Å². The van der Waals surface area contributed by atoms with E-state index in [0.717, 1.165) is 10.7 Å². The number of carbonyl (C=O) groups is 2. The Labute approximate surface area is 195 Å². The number of methoxy groups -OCH3 is 1. The number of carbonyl (C=O) groups excluding carboxylic acids is 2. The van der Waals surface area contributed by atoms with Crippen molar-refractivity contribution < 1.29 is 18.7 Å². The number of hydrogen-bond donors (Lipinski definition) is 1. The number of aryl methyl sites for hydroxylation is 1. The second-order valence-electron chi connectivity index (χ2n) is 7.90. The molecule has 4 rings (SSSR count). The first-order valence-electron chi connectivity index (χ1n) is 10.7. The van der Waals surface area contributed by atoms with Crippen LogP contribution in [0, 0.1) is 6.92 Å². The van der Waals surface area contributed by atoms with Crippen LogP contribution >= 0.6 is 11.3 Å². The van der Waals surface area contributed by atoms with E-state index >= 15 is 0 Å². The van der Waals surface area contributed by atoms with Gasteiger partial charge in [0, 0.05) is 43.2 Å². The summed E-state index contributed by atoms with van der Waals surface area (Å²) in [5, 5.41) is 5.72. The molecule has 0 aliphatic carbocycles. The van der Waals surface area contributed by atoms with Crippen molar-refractivity contribution in [3.05, 3.63) is 67.9 Å². The zero-order chi connectivity index (χ0) is 23.5. The Morgan fingerprint density at radius 2 is 2.15 bits per heavy atom. The quantitative estimate of drug-likeness (QED) is 0.593. The Kier molecular flexibility index (Phi) is 6.64. The van der Waals surface area contributed by atoms with Crippen LogP contribution in [-0.2, 0) is 24.2 Å². The predicted molar refractivity (Wildman–Crippen MR) is 123 cm³/mol. The van der Waals surface area contributed by atoms with Gasteiger partial charge in [-0.05, 0) is 26.0 Å². The standard InChI is InChI=1S/C23H26N4O5S/c1-14(18-5-4-10-32-18)24-23(30)22-17-6-7-26(20(28)11-16-13-33-15(2)25-16)8-9-27(17)21(29)12-19(22)31-3/h4-5,10,12-14H,6-9,11H2,1-3H3,(H,24,30)/t14-/m1/s1. The molecule has 4 heterocycles. The molecule has 0 fully saturated rings. The summed E-state index contributed by atoms with van der Waals surface area (Å²) in [6.07, 6.45) is 2.12. The van der Waals surface area contributed by atoms with Gasteiger partial charge in [-0.2, -0.15) is 0 Å². The number of fused-ring (bicyclic) bond motifs is 1. The fourth-order valence-corrected chi connectivity index (χ4v) is 4.65. The van der Waals surface area contributed by atoms with Gasteiger partial charge in [0.25, 0.3) is 11.5 Å². The van der Waals surface area contributed by atoms with Gasteiger partial charge in [0.1, 0.15) is 17.1 Å². The topological polar surface area (TPSA) is 107 Å². The van der Waals surface area contributed by atoms with Crippen LogP contribution in [0.5, 0.6) is 5.75 Å². The smallest absolute Gasteiger partial charge is 0.257 e. The number of nitrogens with one attached hydrogen (secondary N) is 1. The van der Waals surface area contributed by atoms with Crippen molar-refractivity contribution in [2.75, 3.05) is 20.2 Å². The van der Waals surface area contributed by atoms with Gasteiger partial charge in [0.15, 0.2) is 0 Å². The summed E-state index contributed by atoms with van der Waals surface area (Å²) in [4.78, 5) is 45.0. The summed E-state index contributed by atoms with van der Waals surface area (Å²) >= 11 is 1.51. The molecule has 174 valence electrons. The third kappa shape index (κ3) is 4.85. The number of furan rings is 1. The van der Waals surface area contributed by atoms with E-state index in [4.69, 9.17) is 9.15 Å². The Balaban J connectivity index is 1.58. The van der Waals surface area contributed by atoms with E-state index in [9.17, 15) is 14.4 Å². The van der Waals surface area contributed by atoms with E-state index < -0.39 is 0 Å². The number of aromatic nitrogens is 2.